The van der Waals surface area contributed by atoms with Crippen molar-refractivity contribution < 1.29 is 4.79 Å². The van der Waals surface area contributed by atoms with Crippen molar-refractivity contribution in [1.82, 2.24) is 9.59 Å². The minimum Gasteiger partial charge on any atom is -0.288 e. The molecule has 3 nitrogen and oxygen atoms in total. The van der Waals surface area contributed by atoms with Crippen LogP contribution in [-0.2, 0) is 0 Å². The third-order valence-corrected chi connectivity index (χ3v) is 3.32. The highest BCUT2D eigenvalue weighted by Gasteiger charge is 2.17. The van der Waals surface area contributed by atoms with Gasteiger partial charge in [-0.2, -0.15) is 0 Å². The van der Waals surface area contributed by atoms with Crippen LogP contribution in [0.15, 0.2) is 18.2 Å². The maximum Gasteiger partial charge on any atom is 0.206 e. The summed E-state index contributed by atoms with van der Waals surface area (Å²) in [5.41, 5.74) is 3.53. The molecule has 0 amide bonds. The molecule has 0 unspecified atom stereocenters. The van der Waals surface area contributed by atoms with Crippen molar-refractivity contribution >= 4 is 17.3 Å². The summed E-state index contributed by atoms with van der Waals surface area (Å²) in [6.07, 6.45) is 0. The smallest absolute Gasteiger partial charge is 0.206 e. The lowest BCUT2D eigenvalue weighted by atomic mass is 10.0. The molecule has 0 saturated carbocycles. The Labute approximate surface area is 98.3 Å². The molecule has 0 fully saturated rings. The molecule has 0 atom stereocenters. The minimum atomic E-state index is 0.0219. The Hall–Kier alpha value is -1.55. The highest BCUT2D eigenvalue weighted by atomic mass is 32.1. The third-order valence-electron chi connectivity index (χ3n) is 2.50. The Morgan fingerprint density at radius 3 is 2.62 bits per heavy atom. The van der Waals surface area contributed by atoms with Gasteiger partial charge in [0.15, 0.2) is 0 Å². The van der Waals surface area contributed by atoms with Crippen molar-refractivity contribution in [2.24, 2.45) is 0 Å². The number of aromatic nitrogens is 2. The van der Waals surface area contributed by atoms with Crippen molar-refractivity contribution in [3.63, 3.8) is 0 Å². The van der Waals surface area contributed by atoms with E-state index in [1.54, 1.807) is 0 Å². The Kier molecular flexibility index (Phi) is 2.83. The first kappa shape index (κ1) is 11.0. The highest BCUT2D eigenvalue weighted by Crippen LogP contribution is 2.19. The van der Waals surface area contributed by atoms with Crippen molar-refractivity contribution in [3.8, 4) is 0 Å². The summed E-state index contributed by atoms with van der Waals surface area (Å²) in [5.74, 6) is 0.0219. The van der Waals surface area contributed by atoms with Gasteiger partial charge in [0.1, 0.15) is 4.88 Å². The van der Waals surface area contributed by atoms with E-state index in [1.165, 1.54) is 0 Å². The van der Waals surface area contributed by atoms with Gasteiger partial charge in [0.25, 0.3) is 0 Å². The number of nitrogens with zero attached hydrogens (tertiary/aromatic N) is 2. The molecule has 4 heteroatoms. The average Bonchev–Trinajstić information content (AvgIpc) is 2.67. The number of hydrogen-bond donors (Lipinski definition) is 0. The zero-order valence-electron chi connectivity index (χ0n) is 9.44. The normalized spacial score (nSPS) is 10.4. The van der Waals surface area contributed by atoms with Crippen LogP contribution in [0.4, 0.5) is 0 Å². The molecule has 0 radical (unpaired) electrons. The molecular formula is C12H12N2OS. The topological polar surface area (TPSA) is 42.9 Å². The zero-order chi connectivity index (χ0) is 11.7. The number of carbonyl (C=O) groups is 1. The maximum absolute atomic E-state index is 12.2. The minimum absolute atomic E-state index is 0.0219. The van der Waals surface area contributed by atoms with Crippen LogP contribution in [0.5, 0.6) is 0 Å². The predicted octanol–water partition coefficient (Wildman–Crippen LogP) is 2.69. The zero-order valence-corrected chi connectivity index (χ0v) is 10.3. The number of carbonyl (C=O) groups excluding carboxylic acids is 1. The fourth-order valence-electron chi connectivity index (χ4n) is 1.54. The van der Waals surface area contributed by atoms with Crippen molar-refractivity contribution in [1.29, 1.82) is 0 Å². The van der Waals surface area contributed by atoms with E-state index in [9.17, 15) is 4.79 Å². The van der Waals surface area contributed by atoms with Crippen LogP contribution >= 0.6 is 11.5 Å². The molecule has 2 aromatic rings. The molecule has 1 aromatic heterocycles. The molecule has 1 aromatic carbocycles. The molecular weight excluding hydrogens is 220 g/mol. The van der Waals surface area contributed by atoms with Gasteiger partial charge >= 0.3 is 0 Å². The van der Waals surface area contributed by atoms with Crippen LogP contribution in [0.1, 0.15) is 32.1 Å². The second-order valence-electron chi connectivity index (χ2n) is 3.83. The van der Waals surface area contributed by atoms with Crippen LogP contribution in [0.3, 0.4) is 0 Å². The van der Waals surface area contributed by atoms with E-state index >= 15 is 0 Å². The van der Waals surface area contributed by atoms with Gasteiger partial charge in [-0.05, 0) is 43.9 Å². The monoisotopic (exact) mass is 232 g/mol. The summed E-state index contributed by atoms with van der Waals surface area (Å²) < 4.78 is 3.79. The molecule has 1 heterocycles. The Morgan fingerprint density at radius 1 is 1.25 bits per heavy atom. The van der Waals surface area contributed by atoms with E-state index in [0.29, 0.717) is 10.6 Å². The van der Waals surface area contributed by atoms with Crippen LogP contribution in [0.25, 0.3) is 0 Å². The number of hydrogen-bond acceptors (Lipinski definition) is 4. The Bertz CT molecular complexity index is 546. The van der Waals surface area contributed by atoms with Crippen molar-refractivity contribution in [3.05, 3.63) is 45.5 Å². The summed E-state index contributed by atoms with van der Waals surface area (Å²) in [6.45, 7) is 5.73. The second kappa shape index (κ2) is 4.14. The van der Waals surface area contributed by atoms with E-state index in [-0.39, 0.29) is 5.78 Å². The molecule has 0 bridgehead atoms. The predicted molar refractivity (Wildman–Crippen MR) is 64.0 cm³/mol. The SMILES string of the molecule is Cc1ccc(C)c(C(=O)c2snnc2C)c1. The van der Waals surface area contributed by atoms with Crippen LogP contribution in [0.2, 0.25) is 0 Å². The number of rotatable bonds is 2. The van der Waals surface area contributed by atoms with Gasteiger partial charge < -0.3 is 0 Å². The molecule has 2 rings (SSSR count). The van der Waals surface area contributed by atoms with Gasteiger partial charge in [0, 0.05) is 5.56 Å². The average molecular weight is 232 g/mol. The first-order chi connectivity index (χ1) is 7.59. The lowest BCUT2D eigenvalue weighted by Crippen LogP contribution is -2.03. The largest absolute Gasteiger partial charge is 0.288 e. The van der Waals surface area contributed by atoms with Gasteiger partial charge in [-0.25, -0.2) is 0 Å². The first-order valence-electron chi connectivity index (χ1n) is 5.00. The van der Waals surface area contributed by atoms with Gasteiger partial charge in [0.2, 0.25) is 5.78 Å². The molecule has 0 saturated heterocycles. The fraction of sp³-hybridized carbons (Fsp3) is 0.250. The van der Waals surface area contributed by atoms with E-state index < -0.39 is 0 Å². The van der Waals surface area contributed by atoms with Crippen LogP contribution < -0.4 is 0 Å². The molecule has 0 aliphatic carbocycles. The third kappa shape index (κ3) is 1.88. The fourth-order valence-corrected chi connectivity index (χ4v) is 2.15. The quantitative estimate of drug-likeness (QED) is 0.748. The molecule has 0 aliphatic heterocycles. The standard InChI is InChI=1S/C12H12N2OS/c1-7-4-5-8(2)10(6-7)11(15)12-9(3)13-14-16-12/h4-6H,1-3H3. The van der Waals surface area contributed by atoms with Crippen molar-refractivity contribution in [2.45, 2.75) is 20.8 Å². The van der Waals surface area contributed by atoms with Crippen molar-refractivity contribution in [2.75, 3.05) is 0 Å². The molecule has 0 N–H and O–H groups in total. The number of ketones is 1. The molecule has 16 heavy (non-hydrogen) atoms. The Balaban J connectivity index is 2.49. The maximum atomic E-state index is 12.2. The summed E-state index contributed by atoms with van der Waals surface area (Å²) >= 11 is 1.16. The summed E-state index contributed by atoms with van der Waals surface area (Å²) in [4.78, 5) is 12.9. The van der Waals surface area contributed by atoms with E-state index in [1.807, 2.05) is 39.0 Å². The van der Waals surface area contributed by atoms with Crippen LogP contribution in [0, 0.1) is 20.8 Å². The molecule has 0 spiro atoms. The number of aryl methyl sites for hydroxylation is 3. The lowest BCUT2D eigenvalue weighted by Gasteiger charge is -2.04. The van der Waals surface area contributed by atoms with Gasteiger partial charge in [-0.1, -0.05) is 22.2 Å². The van der Waals surface area contributed by atoms with Gasteiger partial charge in [-0.15, -0.1) is 5.10 Å². The molecule has 0 aliphatic rings. The van der Waals surface area contributed by atoms with E-state index in [4.69, 9.17) is 0 Å². The lowest BCUT2D eigenvalue weighted by molar-refractivity contribution is 0.104. The molecule has 82 valence electrons. The Morgan fingerprint density at radius 2 is 2.00 bits per heavy atom. The van der Waals surface area contributed by atoms with Crippen LogP contribution in [-0.4, -0.2) is 15.4 Å². The highest BCUT2D eigenvalue weighted by molar-refractivity contribution is 7.08. The van der Waals surface area contributed by atoms with E-state index in [0.717, 1.165) is 28.2 Å². The second-order valence-corrected chi connectivity index (χ2v) is 4.59. The van der Waals surface area contributed by atoms with Gasteiger partial charge in [0.05, 0.1) is 5.69 Å². The summed E-state index contributed by atoms with van der Waals surface area (Å²) in [7, 11) is 0. The van der Waals surface area contributed by atoms with Gasteiger partial charge in [-0.3, -0.25) is 4.79 Å². The summed E-state index contributed by atoms with van der Waals surface area (Å²) in [6, 6.07) is 5.88. The first-order valence-corrected chi connectivity index (χ1v) is 5.78. The van der Waals surface area contributed by atoms with E-state index in [2.05, 4.69) is 9.59 Å². The summed E-state index contributed by atoms with van der Waals surface area (Å²) in [5, 5.41) is 3.86. The number of benzene rings is 1.